The Bertz CT molecular complexity index is 546. The first-order chi connectivity index (χ1) is 9.14. The smallest absolute Gasteiger partial charge is 0.207 e. The van der Waals surface area contributed by atoms with Crippen LogP contribution in [0.5, 0.6) is 0 Å². The third-order valence-electron chi connectivity index (χ3n) is 2.65. The van der Waals surface area contributed by atoms with Gasteiger partial charge < -0.3 is 0 Å². The molecule has 0 fully saturated rings. The first-order valence-electron chi connectivity index (χ1n) is 6.59. The van der Waals surface area contributed by atoms with E-state index >= 15 is 0 Å². The van der Waals surface area contributed by atoms with E-state index in [0.717, 1.165) is 12.1 Å². The lowest BCUT2D eigenvalue weighted by atomic mass is 10.2. The van der Waals surface area contributed by atoms with Gasteiger partial charge in [0.15, 0.2) is 0 Å². The first-order valence-corrected chi connectivity index (χ1v) is 8.03. The maximum Gasteiger partial charge on any atom is 0.246 e. The molecule has 0 spiro atoms. The van der Waals surface area contributed by atoms with Crippen molar-refractivity contribution in [3.8, 4) is 0 Å². The van der Waals surface area contributed by atoms with Crippen LogP contribution in [-0.2, 0) is 10.0 Å². The molecule has 20 heavy (non-hydrogen) atoms. The van der Waals surface area contributed by atoms with E-state index in [1.807, 2.05) is 27.7 Å². The normalized spacial score (nSPS) is 12.7. The summed E-state index contributed by atoms with van der Waals surface area (Å²) in [4.78, 5) is -0.472. The molecule has 114 valence electrons. The minimum atomic E-state index is -3.95. The van der Waals surface area contributed by atoms with Gasteiger partial charge in [-0.2, -0.15) is 4.31 Å². The fraction of sp³-hybridized carbons (Fsp3) is 0.571. The molecule has 0 atom stereocenters. The Morgan fingerprint density at radius 2 is 1.55 bits per heavy atom. The number of nitrogens with zero attached hydrogens (tertiary/aromatic N) is 1. The quantitative estimate of drug-likeness (QED) is 0.809. The monoisotopic (exact) mass is 305 g/mol. The molecule has 6 heteroatoms. The van der Waals surface area contributed by atoms with Crippen LogP contribution in [0.3, 0.4) is 0 Å². The van der Waals surface area contributed by atoms with Crippen molar-refractivity contribution in [2.75, 3.05) is 13.1 Å². The van der Waals surface area contributed by atoms with Crippen molar-refractivity contribution in [3.63, 3.8) is 0 Å². The van der Waals surface area contributed by atoms with Crippen LogP contribution in [0.4, 0.5) is 8.78 Å². The number of benzene rings is 1. The lowest BCUT2D eigenvalue weighted by molar-refractivity contribution is 0.332. The second-order valence-electron chi connectivity index (χ2n) is 5.68. The van der Waals surface area contributed by atoms with Crippen molar-refractivity contribution in [1.82, 2.24) is 4.31 Å². The molecule has 0 aromatic heterocycles. The van der Waals surface area contributed by atoms with E-state index < -0.39 is 26.6 Å². The summed E-state index contributed by atoms with van der Waals surface area (Å²) < 4.78 is 52.9. The highest BCUT2D eigenvalue weighted by Crippen LogP contribution is 2.22. The summed E-state index contributed by atoms with van der Waals surface area (Å²) in [5.41, 5.74) is 0. The minimum Gasteiger partial charge on any atom is -0.207 e. The van der Waals surface area contributed by atoms with E-state index in [9.17, 15) is 17.2 Å². The predicted molar refractivity (Wildman–Crippen MR) is 74.8 cm³/mol. The lowest BCUT2D eigenvalue weighted by Crippen LogP contribution is -2.37. The van der Waals surface area contributed by atoms with Gasteiger partial charge in [0.25, 0.3) is 0 Å². The van der Waals surface area contributed by atoms with E-state index in [2.05, 4.69) is 0 Å². The zero-order valence-electron chi connectivity index (χ0n) is 12.2. The van der Waals surface area contributed by atoms with Crippen LogP contribution in [0.25, 0.3) is 0 Å². The molecule has 0 bridgehead atoms. The molecule has 0 saturated heterocycles. The van der Waals surface area contributed by atoms with Crippen LogP contribution in [0.15, 0.2) is 23.1 Å². The predicted octanol–water partition coefficient (Wildman–Crippen LogP) is 3.27. The lowest BCUT2D eigenvalue weighted by Gasteiger charge is -2.25. The molecule has 0 aliphatic carbocycles. The number of halogens is 2. The third kappa shape index (κ3) is 4.24. The average molecular weight is 305 g/mol. The molecule has 1 aromatic carbocycles. The van der Waals surface area contributed by atoms with Crippen molar-refractivity contribution in [2.24, 2.45) is 11.8 Å². The highest BCUT2D eigenvalue weighted by molar-refractivity contribution is 7.89. The van der Waals surface area contributed by atoms with Gasteiger partial charge in [-0.15, -0.1) is 0 Å². The third-order valence-corrected chi connectivity index (χ3v) is 4.51. The number of hydrogen-bond acceptors (Lipinski definition) is 2. The van der Waals surface area contributed by atoms with Crippen molar-refractivity contribution >= 4 is 10.0 Å². The highest BCUT2D eigenvalue weighted by atomic mass is 32.2. The number of hydrogen-bond donors (Lipinski definition) is 0. The van der Waals surface area contributed by atoms with Gasteiger partial charge in [0.1, 0.15) is 16.5 Å². The molecular formula is C14H21F2NO2S. The average Bonchev–Trinajstić information content (AvgIpc) is 2.26. The Morgan fingerprint density at radius 1 is 1.05 bits per heavy atom. The Morgan fingerprint density at radius 3 is 1.95 bits per heavy atom. The van der Waals surface area contributed by atoms with Gasteiger partial charge in [0.05, 0.1) is 0 Å². The molecule has 1 aromatic rings. The summed E-state index contributed by atoms with van der Waals surface area (Å²) in [6, 6.07) is 2.53. The topological polar surface area (TPSA) is 37.4 Å². The van der Waals surface area contributed by atoms with Crippen LogP contribution in [0.2, 0.25) is 0 Å². The summed E-state index contributed by atoms with van der Waals surface area (Å²) >= 11 is 0. The van der Waals surface area contributed by atoms with Crippen LogP contribution < -0.4 is 0 Å². The van der Waals surface area contributed by atoms with Gasteiger partial charge in [-0.3, -0.25) is 0 Å². The largest absolute Gasteiger partial charge is 0.246 e. The first kappa shape index (κ1) is 17.0. The fourth-order valence-corrected chi connectivity index (χ4v) is 3.72. The molecule has 0 amide bonds. The molecule has 3 nitrogen and oxygen atoms in total. The number of rotatable bonds is 6. The van der Waals surface area contributed by atoms with Crippen LogP contribution in [0, 0.1) is 23.5 Å². The Hall–Kier alpha value is -1.01. The molecule has 0 saturated carbocycles. The van der Waals surface area contributed by atoms with Gasteiger partial charge in [-0.25, -0.2) is 17.2 Å². The van der Waals surface area contributed by atoms with E-state index in [1.54, 1.807) is 0 Å². The summed E-state index contributed by atoms with van der Waals surface area (Å²) in [6.07, 6.45) is 0. The van der Waals surface area contributed by atoms with E-state index in [0.29, 0.717) is 19.2 Å². The van der Waals surface area contributed by atoms with Crippen LogP contribution in [-0.4, -0.2) is 25.8 Å². The minimum absolute atomic E-state index is 0.118. The van der Waals surface area contributed by atoms with Crippen LogP contribution >= 0.6 is 0 Å². The SMILES string of the molecule is CC(C)CN(CC(C)C)S(=O)(=O)c1ccc(F)cc1F. The zero-order chi connectivity index (χ0) is 15.5. The highest BCUT2D eigenvalue weighted by Gasteiger charge is 2.28. The maximum absolute atomic E-state index is 13.7. The standard InChI is InChI=1S/C14H21F2NO2S/c1-10(2)8-17(9-11(3)4)20(18,19)14-6-5-12(15)7-13(14)16/h5-7,10-11H,8-9H2,1-4H3. The zero-order valence-corrected chi connectivity index (χ0v) is 13.0. The second-order valence-corrected chi connectivity index (χ2v) is 7.59. The molecule has 0 unspecified atom stereocenters. The van der Waals surface area contributed by atoms with E-state index in [4.69, 9.17) is 0 Å². The molecule has 0 radical (unpaired) electrons. The van der Waals surface area contributed by atoms with Crippen molar-refractivity contribution < 1.29 is 17.2 Å². The maximum atomic E-state index is 13.7. The summed E-state index contributed by atoms with van der Waals surface area (Å²) in [6.45, 7) is 8.18. The molecule has 0 N–H and O–H groups in total. The van der Waals surface area contributed by atoms with Crippen LogP contribution in [0.1, 0.15) is 27.7 Å². The Labute approximate surface area is 119 Å². The second kappa shape index (κ2) is 6.63. The van der Waals surface area contributed by atoms with Gasteiger partial charge in [-0.05, 0) is 24.0 Å². The Balaban J connectivity index is 3.21. The number of sulfonamides is 1. The van der Waals surface area contributed by atoms with Crippen molar-refractivity contribution in [2.45, 2.75) is 32.6 Å². The van der Waals surface area contributed by atoms with E-state index in [1.165, 1.54) is 4.31 Å². The summed E-state index contributed by atoms with van der Waals surface area (Å²) in [5, 5.41) is 0. The van der Waals surface area contributed by atoms with Gasteiger partial charge in [0, 0.05) is 19.2 Å². The van der Waals surface area contributed by atoms with Gasteiger partial charge >= 0.3 is 0 Å². The molecule has 0 aliphatic heterocycles. The fourth-order valence-electron chi connectivity index (χ4n) is 1.91. The molecule has 0 aliphatic rings. The molecule has 0 heterocycles. The molecule has 1 rings (SSSR count). The summed E-state index contributed by atoms with van der Waals surface area (Å²) in [5.74, 6) is -1.61. The van der Waals surface area contributed by atoms with E-state index in [-0.39, 0.29) is 11.8 Å². The van der Waals surface area contributed by atoms with Gasteiger partial charge in [-0.1, -0.05) is 27.7 Å². The van der Waals surface area contributed by atoms with Gasteiger partial charge in [0.2, 0.25) is 10.0 Å². The Kier molecular flexibility index (Phi) is 5.65. The van der Waals surface area contributed by atoms with Crippen molar-refractivity contribution in [1.29, 1.82) is 0 Å². The molecular weight excluding hydrogens is 284 g/mol. The summed E-state index contributed by atoms with van der Waals surface area (Å²) in [7, 11) is -3.95. The van der Waals surface area contributed by atoms with Crippen molar-refractivity contribution in [3.05, 3.63) is 29.8 Å².